The van der Waals surface area contributed by atoms with Crippen molar-refractivity contribution in [2.75, 3.05) is 11.5 Å². The van der Waals surface area contributed by atoms with Crippen molar-refractivity contribution < 1.29 is 9.53 Å². The first kappa shape index (κ1) is 11.1. The SMILES string of the molecule is CC1(C)NC2=C(CCO2)C(=O)N1c1ccccc1. The fourth-order valence-corrected chi connectivity index (χ4v) is 2.51. The molecule has 3 rings (SSSR count). The molecule has 1 N–H and O–H groups in total. The summed E-state index contributed by atoms with van der Waals surface area (Å²) in [5.41, 5.74) is 1.17. The van der Waals surface area contributed by atoms with Crippen LogP contribution in [-0.2, 0) is 9.53 Å². The molecule has 0 fully saturated rings. The first-order valence-electron chi connectivity index (χ1n) is 6.13. The number of hydrogen-bond acceptors (Lipinski definition) is 3. The number of carbonyl (C=O) groups is 1. The molecule has 0 radical (unpaired) electrons. The summed E-state index contributed by atoms with van der Waals surface area (Å²) in [4.78, 5) is 14.4. The third-order valence-corrected chi connectivity index (χ3v) is 3.33. The van der Waals surface area contributed by atoms with Gasteiger partial charge < -0.3 is 10.1 Å². The number of nitrogens with one attached hydrogen (secondary N) is 1. The van der Waals surface area contributed by atoms with Crippen LogP contribution in [0, 0.1) is 0 Å². The minimum Gasteiger partial charge on any atom is -0.478 e. The van der Waals surface area contributed by atoms with Crippen LogP contribution in [0.4, 0.5) is 5.69 Å². The second-order valence-electron chi connectivity index (χ2n) is 5.07. The molecule has 0 aromatic heterocycles. The molecular weight excluding hydrogens is 228 g/mol. The summed E-state index contributed by atoms with van der Waals surface area (Å²) >= 11 is 0. The second-order valence-corrected chi connectivity index (χ2v) is 5.07. The molecule has 0 saturated carbocycles. The Morgan fingerprint density at radius 1 is 1.28 bits per heavy atom. The third-order valence-electron chi connectivity index (χ3n) is 3.33. The Labute approximate surface area is 106 Å². The Bertz CT molecular complexity index is 520. The Kier molecular flexibility index (Phi) is 2.33. The summed E-state index contributed by atoms with van der Waals surface area (Å²) in [6.07, 6.45) is 0.681. The fraction of sp³-hybridized carbons (Fsp3) is 0.357. The highest BCUT2D eigenvalue weighted by Gasteiger charge is 2.42. The molecule has 1 amide bonds. The average Bonchev–Trinajstić information content (AvgIpc) is 2.77. The molecule has 0 aliphatic carbocycles. The van der Waals surface area contributed by atoms with Crippen molar-refractivity contribution in [2.45, 2.75) is 25.9 Å². The van der Waals surface area contributed by atoms with Crippen molar-refractivity contribution in [1.29, 1.82) is 0 Å². The predicted molar refractivity (Wildman–Crippen MR) is 68.7 cm³/mol. The van der Waals surface area contributed by atoms with E-state index in [2.05, 4.69) is 5.32 Å². The van der Waals surface area contributed by atoms with Gasteiger partial charge in [-0.1, -0.05) is 18.2 Å². The normalized spacial score (nSPS) is 21.4. The second kappa shape index (κ2) is 3.77. The number of para-hydroxylation sites is 1. The number of hydrogen-bond donors (Lipinski definition) is 1. The molecule has 4 heteroatoms. The molecule has 1 aromatic rings. The number of ether oxygens (including phenoxy) is 1. The van der Waals surface area contributed by atoms with Gasteiger partial charge in [0.25, 0.3) is 5.91 Å². The molecule has 2 heterocycles. The standard InChI is InChI=1S/C14H16N2O2/c1-14(2)15-12-11(8-9-18-12)13(17)16(14)10-6-4-3-5-7-10/h3-7,15H,8-9H2,1-2H3. The maximum absolute atomic E-state index is 12.6. The summed E-state index contributed by atoms with van der Waals surface area (Å²) < 4.78 is 5.47. The summed E-state index contributed by atoms with van der Waals surface area (Å²) in [5, 5.41) is 3.30. The number of nitrogens with zero attached hydrogens (tertiary/aromatic N) is 1. The highest BCUT2D eigenvalue weighted by atomic mass is 16.5. The van der Waals surface area contributed by atoms with Crippen molar-refractivity contribution >= 4 is 11.6 Å². The molecular formula is C14H16N2O2. The first-order valence-corrected chi connectivity index (χ1v) is 6.13. The fourth-order valence-electron chi connectivity index (χ4n) is 2.51. The molecule has 1 aromatic carbocycles. The lowest BCUT2D eigenvalue weighted by atomic mass is 10.0. The van der Waals surface area contributed by atoms with Crippen LogP contribution in [0.2, 0.25) is 0 Å². The van der Waals surface area contributed by atoms with Gasteiger partial charge in [-0.05, 0) is 26.0 Å². The smallest absolute Gasteiger partial charge is 0.261 e. The van der Waals surface area contributed by atoms with Crippen molar-refractivity contribution in [3.05, 3.63) is 41.8 Å². The van der Waals surface area contributed by atoms with Crippen LogP contribution in [0.25, 0.3) is 0 Å². The zero-order valence-corrected chi connectivity index (χ0v) is 10.6. The molecule has 18 heavy (non-hydrogen) atoms. The van der Waals surface area contributed by atoms with Gasteiger partial charge in [0.2, 0.25) is 0 Å². The Hall–Kier alpha value is -1.97. The van der Waals surface area contributed by atoms with Crippen molar-refractivity contribution in [3.8, 4) is 0 Å². The maximum atomic E-state index is 12.6. The average molecular weight is 244 g/mol. The van der Waals surface area contributed by atoms with Crippen LogP contribution in [-0.4, -0.2) is 18.2 Å². The molecule has 0 bridgehead atoms. The Morgan fingerprint density at radius 2 is 2.00 bits per heavy atom. The summed E-state index contributed by atoms with van der Waals surface area (Å²) in [6.45, 7) is 4.54. The third kappa shape index (κ3) is 1.56. The molecule has 2 aliphatic rings. The number of carbonyl (C=O) groups excluding carboxylic acids is 1. The number of amides is 1. The van der Waals surface area contributed by atoms with Gasteiger partial charge in [0.05, 0.1) is 12.2 Å². The van der Waals surface area contributed by atoms with Gasteiger partial charge in [-0.15, -0.1) is 0 Å². The van der Waals surface area contributed by atoms with E-state index in [1.165, 1.54) is 0 Å². The Morgan fingerprint density at radius 3 is 2.72 bits per heavy atom. The van der Waals surface area contributed by atoms with Gasteiger partial charge in [0.15, 0.2) is 5.88 Å². The summed E-state index contributed by atoms with van der Waals surface area (Å²) in [6, 6.07) is 9.72. The van der Waals surface area contributed by atoms with Gasteiger partial charge in [0.1, 0.15) is 5.66 Å². The lowest BCUT2D eigenvalue weighted by Crippen LogP contribution is -2.60. The van der Waals surface area contributed by atoms with E-state index in [0.717, 1.165) is 11.3 Å². The van der Waals surface area contributed by atoms with E-state index in [0.29, 0.717) is 18.9 Å². The van der Waals surface area contributed by atoms with E-state index in [4.69, 9.17) is 4.74 Å². The maximum Gasteiger partial charge on any atom is 0.261 e. The van der Waals surface area contributed by atoms with Crippen molar-refractivity contribution in [3.63, 3.8) is 0 Å². The van der Waals surface area contributed by atoms with Crippen molar-refractivity contribution in [1.82, 2.24) is 5.32 Å². The Balaban J connectivity index is 2.06. The van der Waals surface area contributed by atoms with Gasteiger partial charge in [-0.3, -0.25) is 9.69 Å². The van der Waals surface area contributed by atoms with E-state index in [-0.39, 0.29) is 5.91 Å². The van der Waals surface area contributed by atoms with Crippen LogP contribution >= 0.6 is 0 Å². The molecule has 0 saturated heterocycles. The predicted octanol–water partition coefficient (Wildman–Crippen LogP) is 1.99. The van der Waals surface area contributed by atoms with Gasteiger partial charge in [-0.2, -0.15) is 0 Å². The van der Waals surface area contributed by atoms with E-state index in [9.17, 15) is 4.79 Å². The van der Waals surface area contributed by atoms with Crippen LogP contribution < -0.4 is 10.2 Å². The highest BCUT2D eigenvalue weighted by molar-refractivity contribution is 6.08. The zero-order chi connectivity index (χ0) is 12.8. The lowest BCUT2D eigenvalue weighted by Gasteiger charge is -2.43. The molecule has 0 atom stereocenters. The van der Waals surface area contributed by atoms with Crippen LogP contribution in [0.5, 0.6) is 0 Å². The lowest BCUT2D eigenvalue weighted by molar-refractivity contribution is -0.117. The molecule has 2 aliphatic heterocycles. The topological polar surface area (TPSA) is 41.6 Å². The van der Waals surface area contributed by atoms with Crippen LogP contribution in [0.3, 0.4) is 0 Å². The van der Waals surface area contributed by atoms with E-state index >= 15 is 0 Å². The minimum atomic E-state index is -0.485. The monoisotopic (exact) mass is 244 g/mol. The summed E-state index contributed by atoms with van der Waals surface area (Å²) in [7, 11) is 0. The van der Waals surface area contributed by atoms with E-state index < -0.39 is 5.66 Å². The largest absolute Gasteiger partial charge is 0.478 e. The zero-order valence-electron chi connectivity index (χ0n) is 10.6. The number of benzene rings is 1. The van der Waals surface area contributed by atoms with Gasteiger partial charge in [0, 0.05) is 12.1 Å². The van der Waals surface area contributed by atoms with Crippen LogP contribution in [0.1, 0.15) is 20.3 Å². The first-order chi connectivity index (χ1) is 8.59. The highest BCUT2D eigenvalue weighted by Crippen LogP contribution is 2.33. The van der Waals surface area contributed by atoms with Gasteiger partial charge in [-0.25, -0.2) is 0 Å². The van der Waals surface area contributed by atoms with Crippen molar-refractivity contribution in [2.24, 2.45) is 0 Å². The molecule has 4 nitrogen and oxygen atoms in total. The minimum absolute atomic E-state index is 0.0393. The molecule has 0 unspecified atom stereocenters. The van der Waals surface area contributed by atoms with Gasteiger partial charge >= 0.3 is 0 Å². The summed E-state index contributed by atoms with van der Waals surface area (Å²) in [5.74, 6) is 0.689. The molecule has 0 spiro atoms. The quantitative estimate of drug-likeness (QED) is 0.821. The number of rotatable bonds is 1. The van der Waals surface area contributed by atoms with E-state index in [1.807, 2.05) is 44.2 Å². The number of anilines is 1. The van der Waals surface area contributed by atoms with E-state index in [1.54, 1.807) is 4.90 Å². The van der Waals surface area contributed by atoms with Crippen LogP contribution in [0.15, 0.2) is 41.8 Å². The molecule has 94 valence electrons.